The van der Waals surface area contributed by atoms with Gasteiger partial charge >= 0.3 is 11.9 Å². The predicted octanol–water partition coefficient (Wildman–Crippen LogP) is 2.33. The minimum absolute atomic E-state index is 0.333. The zero-order chi connectivity index (χ0) is 13.0. The second-order valence-corrected chi connectivity index (χ2v) is 4.16. The second-order valence-electron chi connectivity index (χ2n) is 3.29. The van der Waals surface area contributed by atoms with Crippen molar-refractivity contribution in [3.05, 3.63) is 28.2 Å². The number of benzene rings is 1. The molecule has 0 amide bonds. The summed E-state index contributed by atoms with van der Waals surface area (Å²) >= 11 is 11.5. The fourth-order valence-electron chi connectivity index (χ4n) is 1.21. The number of aliphatic carboxylic acids is 2. The molecule has 7 heteroatoms. The molecule has 0 fully saturated rings. The SMILES string of the molecule is O=C(O)CC(Nc1cc(Cl)cc(Cl)c1)C(=O)O. The Labute approximate surface area is 107 Å². The largest absolute Gasteiger partial charge is 0.481 e. The van der Waals surface area contributed by atoms with Gasteiger partial charge in [0.25, 0.3) is 0 Å². The van der Waals surface area contributed by atoms with E-state index in [2.05, 4.69) is 5.32 Å². The number of halogens is 2. The summed E-state index contributed by atoms with van der Waals surface area (Å²) in [6.07, 6.45) is -0.542. The molecule has 5 nitrogen and oxygen atoms in total. The highest BCUT2D eigenvalue weighted by atomic mass is 35.5. The van der Waals surface area contributed by atoms with Crippen LogP contribution in [0.15, 0.2) is 18.2 Å². The minimum Gasteiger partial charge on any atom is -0.481 e. The first-order valence-electron chi connectivity index (χ1n) is 4.55. The molecule has 1 aromatic rings. The van der Waals surface area contributed by atoms with Crippen LogP contribution in [0.4, 0.5) is 5.69 Å². The van der Waals surface area contributed by atoms with E-state index in [-0.39, 0.29) is 0 Å². The number of nitrogens with one attached hydrogen (secondary N) is 1. The van der Waals surface area contributed by atoms with Crippen molar-refractivity contribution in [1.29, 1.82) is 0 Å². The third-order valence-electron chi connectivity index (χ3n) is 1.88. The lowest BCUT2D eigenvalue weighted by atomic mass is 10.2. The Bertz CT molecular complexity index is 430. The molecule has 0 bridgehead atoms. The van der Waals surface area contributed by atoms with Crippen molar-refractivity contribution < 1.29 is 19.8 Å². The van der Waals surface area contributed by atoms with Crippen molar-refractivity contribution in [2.24, 2.45) is 0 Å². The molecule has 17 heavy (non-hydrogen) atoms. The summed E-state index contributed by atoms with van der Waals surface area (Å²) in [4.78, 5) is 21.3. The number of carboxylic acids is 2. The van der Waals surface area contributed by atoms with E-state index in [0.717, 1.165) is 0 Å². The van der Waals surface area contributed by atoms with Gasteiger partial charge in [-0.15, -0.1) is 0 Å². The Morgan fingerprint density at radius 3 is 2.12 bits per heavy atom. The van der Waals surface area contributed by atoms with Gasteiger partial charge in [-0.05, 0) is 18.2 Å². The van der Waals surface area contributed by atoms with E-state index in [4.69, 9.17) is 33.4 Å². The quantitative estimate of drug-likeness (QED) is 0.769. The Morgan fingerprint density at radius 2 is 1.71 bits per heavy atom. The monoisotopic (exact) mass is 277 g/mol. The van der Waals surface area contributed by atoms with Crippen LogP contribution in [0.3, 0.4) is 0 Å². The van der Waals surface area contributed by atoms with E-state index in [1.54, 1.807) is 0 Å². The van der Waals surface area contributed by atoms with Gasteiger partial charge in [-0.25, -0.2) is 4.79 Å². The van der Waals surface area contributed by atoms with Gasteiger partial charge in [0.1, 0.15) is 6.04 Å². The van der Waals surface area contributed by atoms with Crippen LogP contribution in [0.25, 0.3) is 0 Å². The third kappa shape index (κ3) is 4.50. The van der Waals surface area contributed by atoms with Crippen LogP contribution in [0.1, 0.15) is 6.42 Å². The average Bonchev–Trinajstić information content (AvgIpc) is 2.13. The highest BCUT2D eigenvalue weighted by Crippen LogP contribution is 2.23. The Hall–Kier alpha value is -1.46. The summed E-state index contributed by atoms with van der Waals surface area (Å²) in [5, 5.41) is 20.6. The number of hydrogen-bond acceptors (Lipinski definition) is 3. The topological polar surface area (TPSA) is 86.6 Å². The normalized spacial score (nSPS) is 11.9. The molecule has 0 spiro atoms. The molecule has 92 valence electrons. The molecule has 0 aliphatic rings. The molecule has 0 radical (unpaired) electrons. The van der Waals surface area contributed by atoms with Gasteiger partial charge in [-0.3, -0.25) is 4.79 Å². The molecule has 0 aliphatic carbocycles. The van der Waals surface area contributed by atoms with E-state index in [1.165, 1.54) is 18.2 Å². The maximum Gasteiger partial charge on any atom is 0.326 e. The Balaban J connectivity index is 2.85. The second kappa shape index (κ2) is 5.75. The fraction of sp³-hybridized carbons (Fsp3) is 0.200. The zero-order valence-corrected chi connectivity index (χ0v) is 10.00. The number of hydrogen-bond donors (Lipinski definition) is 3. The van der Waals surface area contributed by atoms with Crippen molar-refractivity contribution in [3.63, 3.8) is 0 Å². The molecule has 1 aromatic carbocycles. The molecule has 0 heterocycles. The lowest BCUT2D eigenvalue weighted by Crippen LogP contribution is -2.31. The van der Waals surface area contributed by atoms with Crippen molar-refractivity contribution in [2.75, 3.05) is 5.32 Å². The number of anilines is 1. The molecule has 0 saturated heterocycles. The minimum atomic E-state index is -1.26. The first kappa shape index (κ1) is 13.6. The highest BCUT2D eigenvalue weighted by molar-refractivity contribution is 6.35. The maximum absolute atomic E-state index is 10.8. The molecule has 3 N–H and O–H groups in total. The fourth-order valence-corrected chi connectivity index (χ4v) is 1.74. The van der Waals surface area contributed by atoms with Gasteiger partial charge in [0, 0.05) is 15.7 Å². The molecule has 0 saturated carbocycles. The summed E-state index contributed by atoms with van der Waals surface area (Å²) in [6, 6.07) is 3.18. The van der Waals surface area contributed by atoms with E-state index >= 15 is 0 Å². The summed E-state index contributed by atoms with van der Waals surface area (Å²) in [5.74, 6) is -2.47. The van der Waals surface area contributed by atoms with Crippen LogP contribution in [-0.4, -0.2) is 28.2 Å². The first-order chi connectivity index (χ1) is 7.88. The zero-order valence-electron chi connectivity index (χ0n) is 8.48. The van der Waals surface area contributed by atoms with Crippen molar-refractivity contribution in [3.8, 4) is 0 Å². The Kier molecular flexibility index (Phi) is 4.60. The molecular formula is C10H9Cl2NO4. The maximum atomic E-state index is 10.8. The smallest absolute Gasteiger partial charge is 0.326 e. The van der Waals surface area contributed by atoms with E-state index < -0.39 is 24.4 Å². The van der Waals surface area contributed by atoms with Crippen LogP contribution in [-0.2, 0) is 9.59 Å². The molecule has 1 atom stereocenters. The van der Waals surface area contributed by atoms with Crippen LogP contribution >= 0.6 is 23.2 Å². The highest BCUT2D eigenvalue weighted by Gasteiger charge is 2.20. The van der Waals surface area contributed by atoms with Gasteiger partial charge in [0.05, 0.1) is 6.42 Å². The number of carbonyl (C=O) groups is 2. The average molecular weight is 278 g/mol. The van der Waals surface area contributed by atoms with Crippen LogP contribution < -0.4 is 5.32 Å². The summed E-state index contributed by atoms with van der Waals surface area (Å²) in [7, 11) is 0. The van der Waals surface area contributed by atoms with Crippen molar-refractivity contribution in [1.82, 2.24) is 0 Å². The van der Waals surface area contributed by atoms with E-state index in [9.17, 15) is 9.59 Å². The van der Waals surface area contributed by atoms with Crippen LogP contribution in [0.2, 0.25) is 10.0 Å². The van der Waals surface area contributed by atoms with Gasteiger partial charge < -0.3 is 15.5 Å². The summed E-state index contributed by atoms with van der Waals surface area (Å²) in [6.45, 7) is 0. The van der Waals surface area contributed by atoms with Crippen molar-refractivity contribution >= 4 is 40.8 Å². The summed E-state index contributed by atoms with van der Waals surface area (Å²) < 4.78 is 0. The standard InChI is InChI=1S/C10H9Cl2NO4/c11-5-1-6(12)3-7(2-5)13-8(10(16)17)4-9(14)15/h1-3,8,13H,4H2,(H,14,15)(H,16,17). The third-order valence-corrected chi connectivity index (χ3v) is 2.32. The van der Waals surface area contributed by atoms with Gasteiger partial charge in [-0.1, -0.05) is 23.2 Å². The Morgan fingerprint density at radius 1 is 1.18 bits per heavy atom. The molecule has 0 aliphatic heterocycles. The number of rotatable bonds is 5. The molecule has 1 unspecified atom stereocenters. The van der Waals surface area contributed by atoms with E-state index in [1.807, 2.05) is 0 Å². The molecule has 0 aromatic heterocycles. The first-order valence-corrected chi connectivity index (χ1v) is 5.31. The predicted molar refractivity (Wildman–Crippen MR) is 63.8 cm³/mol. The van der Waals surface area contributed by atoms with Gasteiger partial charge in [0.2, 0.25) is 0 Å². The molecule has 1 rings (SSSR count). The van der Waals surface area contributed by atoms with Crippen LogP contribution in [0.5, 0.6) is 0 Å². The van der Waals surface area contributed by atoms with Gasteiger partial charge in [-0.2, -0.15) is 0 Å². The van der Waals surface area contributed by atoms with E-state index in [0.29, 0.717) is 15.7 Å². The van der Waals surface area contributed by atoms with Crippen LogP contribution in [0, 0.1) is 0 Å². The van der Waals surface area contributed by atoms with Gasteiger partial charge in [0.15, 0.2) is 0 Å². The number of carboxylic acid groups (broad SMARTS) is 2. The lowest BCUT2D eigenvalue weighted by Gasteiger charge is -2.14. The summed E-state index contributed by atoms with van der Waals surface area (Å²) in [5.41, 5.74) is 0.358. The lowest BCUT2D eigenvalue weighted by molar-refractivity contribution is -0.144. The van der Waals surface area contributed by atoms with Crippen molar-refractivity contribution in [2.45, 2.75) is 12.5 Å². The molecular weight excluding hydrogens is 269 g/mol.